The second-order valence-electron chi connectivity index (χ2n) is 8.36. The van der Waals surface area contributed by atoms with E-state index in [9.17, 15) is 18.8 Å². The average molecular weight is 464 g/mol. The maximum Gasteiger partial charge on any atom is 0.358 e. The number of anilines is 1. The van der Waals surface area contributed by atoms with E-state index in [1.54, 1.807) is 19.9 Å². The molecule has 1 atom stereocenters. The number of hydrogen-bond donors (Lipinski definition) is 1. The summed E-state index contributed by atoms with van der Waals surface area (Å²) in [5, 5.41) is 7.10. The minimum atomic E-state index is -1.44. The van der Waals surface area contributed by atoms with Crippen LogP contribution in [0, 0.1) is 12.7 Å². The quantitative estimate of drug-likeness (QED) is 0.566. The fourth-order valence-corrected chi connectivity index (χ4v) is 3.98. The van der Waals surface area contributed by atoms with Crippen LogP contribution in [0.3, 0.4) is 0 Å². The average Bonchev–Trinajstić information content (AvgIpc) is 3.23. The first-order chi connectivity index (χ1) is 16.2. The van der Waals surface area contributed by atoms with Crippen molar-refractivity contribution in [2.45, 2.75) is 39.4 Å². The van der Waals surface area contributed by atoms with E-state index >= 15 is 0 Å². The molecule has 0 aliphatic carbocycles. The standard InChI is InChI=1S/C25H25FN4O4/c1-4-34-23(32)20-13-21-22(31)30(19-7-5-6-18(26)12-19)25(3,15-29(21)28-20)24(33)27-14-17-10-8-16(2)9-11-17/h5-13H,4,14-15H2,1-3H3,(H,27,33)/t25-/m1/s1. The van der Waals surface area contributed by atoms with Gasteiger partial charge in [0, 0.05) is 18.3 Å². The third-order valence-electron chi connectivity index (χ3n) is 5.77. The van der Waals surface area contributed by atoms with Crippen molar-refractivity contribution in [2.75, 3.05) is 11.5 Å². The highest BCUT2D eigenvalue weighted by Gasteiger charge is 2.49. The molecular formula is C25H25FN4O4. The van der Waals surface area contributed by atoms with Crippen LogP contribution in [0.1, 0.15) is 46.0 Å². The summed E-state index contributed by atoms with van der Waals surface area (Å²) in [5.41, 5.74) is 0.848. The van der Waals surface area contributed by atoms with Gasteiger partial charge in [0.25, 0.3) is 5.91 Å². The molecule has 2 heterocycles. The predicted octanol–water partition coefficient (Wildman–Crippen LogP) is 3.24. The number of aryl methyl sites for hydroxylation is 1. The number of fused-ring (bicyclic) bond motifs is 1. The Hall–Kier alpha value is -4.01. The zero-order valence-corrected chi connectivity index (χ0v) is 19.2. The van der Waals surface area contributed by atoms with Crippen molar-refractivity contribution in [1.29, 1.82) is 0 Å². The number of aromatic nitrogens is 2. The van der Waals surface area contributed by atoms with Crippen molar-refractivity contribution in [3.05, 3.63) is 82.9 Å². The molecular weight excluding hydrogens is 439 g/mol. The number of esters is 1. The lowest BCUT2D eigenvalue weighted by atomic mass is 9.93. The van der Waals surface area contributed by atoms with Crippen molar-refractivity contribution in [3.63, 3.8) is 0 Å². The molecule has 2 aromatic carbocycles. The van der Waals surface area contributed by atoms with Crippen LogP contribution in [-0.4, -0.2) is 39.7 Å². The van der Waals surface area contributed by atoms with Crippen LogP contribution in [0.25, 0.3) is 0 Å². The Morgan fingerprint density at radius 3 is 2.59 bits per heavy atom. The van der Waals surface area contributed by atoms with Crippen LogP contribution in [0.15, 0.2) is 54.6 Å². The number of rotatable bonds is 6. The van der Waals surface area contributed by atoms with E-state index in [0.717, 1.165) is 11.1 Å². The van der Waals surface area contributed by atoms with E-state index in [0.29, 0.717) is 0 Å². The first kappa shape index (κ1) is 23.2. The fourth-order valence-electron chi connectivity index (χ4n) is 3.98. The van der Waals surface area contributed by atoms with Crippen LogP contribution < -0.4 is 10.2 Å². The Labute approximate surface area is 196 Å². The molecule has 1 aliphatic rings. The number of halogens is 1. The summed E-state index contributed by atoms with van der Waals surface area (Å²) in [7, 11) is 0. The minimum absolute atomic E-state index is 0.0336. The van der Waals surface area contributed by atoms with Crippen molar-refractivity contribution >= 4 is 23.5 Å². The van der Waals surface area contributed by atoms with Gasteiger partial charge in [-0.3, -0.25) is 19.2 Å². The van der Waals surface area contributed by atoms with Gasteiger partial charge in [0.15, 0.2) is 5.69 Å². The van der Waals surface area contributed by atoms with Crippen molar-refractivity contribution in [3.8, 4) is 0 Å². The van der Waals surface area contributed by atoms with Gasteiger partial charge < -0.3 is 10.1 Å². The van der Waals surface area contributed by atoms with E-state index in [1.165, 1.54) is 33.8 Å². The second kappa shape index (κ2) is 9.09. The maximum atomic E-state index is 14.1. The monoisotopic (exact) mass is 464 g/mol. The fraction of sp³-hybridized carbons (Fsp3) is 0.280. The first-order valence-electron chi connectivity index (χ1n) is 10.9. The summed E-state index contributed by atoms with van der Waals surface area (Å²) in [6.07, 6.45) is 0. The van der Waals surface area contributed by atoms with Crippen LogP contribution in [-0.2, 0) is 22.6 Å². The molecule has 4 rings (SSSR count). The number of carbonyl (C=O) groups is 3. The van der Waals surface area contributed by atoms with E-state index in [4.69, 9.17) is 4.74 Å². The normalized spacial score (nSPS) is 17.3. The maximum absolute atomic E-state index is 14.1. The molecule has 3 aromatic rings. The zero-order chi connectivity index (χ0) is 24.5. The lowest BCUT2D eigenvalue weighted by Gasteiger charge is -2.43. The summed E-state index contributed by atoms with van der Waals surface area (Å²) in [6, 6.07) is 14.5. The number of benzene rings is 2. The van der Waals surface area contributed by atoms with Crippen molar-refractivity contribution < 1.29 is 23.5 Å². The Balaban J connectivity index is 1.71. The number of ether oxygens (including phenoxy) is 1. The van der Waals surface area contributed by atoms with Crippen molar-refractivity contribution in [2.24, 2.45) is 0 Å². The molecule has 34 heavy (non-hydrogen) atoms. The molecule has 0 spiro atoms. The van der Waals surface area contributed by atoms with E-state index < -0.39 is 29.1 Å². The molecule has 1 N–H and O–H groups in total. The molecule has 176 valence electrons. The van der Waals surface area contributed by atoms with Gasteiger partial charge in [0.1, 0.15) is 17.1 Å². The lowest BCUT2D eigenvalue weighted by molar-refractivity contribution is -0.126. The predicted molar refractivity (Wildman–Crippen MR) is 123 cm³/mol. The summed E-state index contributed by atoms with van der Waals surface area (Å²) in [6.45, 7) is 5.60. The van der Waals surface area contributed by atoms with Gasteiger partial charge in [-0.25, -0.2) is 9.18 Å². The van der Waals surface area contributed by atoms with Gasteiger partial charge in [-0.2, -0.15) is 5.10 Å². The van der Waals surface area contributed by atoms with Crippen LogP contribution in [0.5, 0.6) is 0 Å². The smallest absolute Gasteiger partial charge is 0.358 e. The number of amides is 2. The molecule has 0 saturated carbocycles. The van der Waals surface area contributed by atoms with Gasteiger partial charge in [0.05, 0.1) is 13.2 Å². The Morgan fingerprint density at radius 2 is 1.91 bits per heavy atom. The second-order valence-corrected chi connectivity index (χ2v) is 8.36. The van der Waals surface area contributed by atoms with E-state index in [2.05, 4.69) is 10.4 Å². The van der Waals surface area contributed by atoms with Gasteiger partial charge in [-0.15, -0.1) is 0 Å². The molecule has 8 nitrogen and oxygen atoms in total. The van der Waals surface area contributed by atoms with Gasteiger partial charge in [0.2, 0.25) is 5.91 Å². The summed E-state index contributed by atoms with van der Waals surface area (Å²) in [5.74, 6) is -2.23. The number of nitrogens with one attached hydrogen (secondary N) is 1. The first-order valence-corrected chi connectivity index (χ1v) is 10.9. The van der Waals surface area contributed by atoms with E-state index in [1.807, 2.05) is 31.2 Å². The Bertz CT molecular complexity index is 1250. The molecule has 0 radical (unpaired) electrons. The van der Waals surface area contributed by atoms with Crippen LogP contribution in [0.4, 0.5) is 10.1 Å². The Morgan fingerprint density at radius 1 is 1.18 bits per heavy atom. The van der Waals surface area contributed by atoms with Gasteiger partial charge >= 0.3 is 5.97 Å². The molecule has 2 amide bonds. The van der Waals surface area contributed by atoms with Gasteiger partial charge in [-0.05, 0) is 44.5 Å². The molecule has 0 fully saturated rings. The highest BCUT2D eigenvalue weighted by atomic mass is 19.1. The zero-order valence-electron chi connectivity index (χ0n) is 19.2. The number of nitrogens with zero attached hydrogens (tertiary/aromatic N) is 3. The largest absolute Gasteiger partial charge is 0.461 e. The van der Waals surface area contributed by atoms with Crippen LogP contribution in [0.2, 0.25) is 0 Å². The lowest BCUT2D eigenvalue weighted by Crippen LogP contribution is -2.64. The van der Waals surface area contributed by atoms with Crippen LogP contribution >= 0.6 is 0 Å². The highest BCUT2D eigenvalue weighted by Crippen LogP contribution is 2.33. The molecule has 1 aliphatic heterocycles. The third kappa shape index (κ3) is 4.28. The van der Waals surface area contributed by atoms with E-state index in [-0.39, 0.29) is 36.8 Å². The molecule has 1 aromatic heterocycles. The topological polar surface area (TPSA) is 93.5 Å². The summed E-state index contributed by atoms with van der Waals surface area (Å²) < 4.78 is 20.4. The minimum Gasteiger partial charge on any atom is -0.461 e. The summed E-state index contributed by atoms with van der Waals surface area (Å²) >= 11 is 0. The number of carbonyl (C=O) groups excluding carboxylic acids is 3. The SMILES string of the molecule is CCOC(=O)c1cc2n(n1)C[C@](C)(C(=O)NCc1ccc(C)cc1)N(c1cccc(F)c1)C2=O. The molecule has 9 heteroatoms. The highest BCUT2D eigenvalue weighted by molar-refractivity contribution is 6.12. The number of hydrogen-bond acceptors (Lipinski definition) is 5. The molecule has 0 unspecified atom stereocenters. The molecule has 0 saturated heterocycles. The Kier molecular flexibility index (Phi) is 6.19. The third-order valence-corrected chi connectivity index (χ3v) is 5.77. The van der Waals surface area contributed by atoms with Gasteiger partial charge in [-0.1, -0.05) is 35.9 Å². The summed E-state index contributed by atoms with van der Waals surface area (Å²) in [4.78, 5) is 40.5. The molecule has 0 bridgehead atoms. The van der Waals surface area contributed by atoms with Crippen molar-refractivity contribution in [1.82, 2.24) is 15.1 Å².